The van der Waals surface area contributed by atoms with Gasteiger partial charge in [0.25, 0.3) is 0 Å². The summed E-state index contributed by atoms with van der Waals surface area (Å²) in [6, 6.07) is 14.6. The van der Waals surface area contributed by atoms with E-state index in [1.165, 1.54) is 0 Å². The lowest BCUT2D eigenvalue weighted by molar-refractivity contribution is -0.117. The van der Waals surface area contributed by atoms with E-state index >= 15 is 0 Å². The van der Waals surface area contributed by atoms with Crippen molar-refractivity contribution in [3.8, 4) is 5.75 Å². The SMILES string of the molecule is CCOC(=O)c1ccc(NC(=O)C2CC2c2ccc(OC)cc2)cc1. The van der Waals surface area contributed by atoms with Crippen LogP contribution >= 0.6 is 0 Å². The Labute approximate surface area is 147 Å². The Morgan fingerprint density at radius 2 is 1.76 bits per heavy atom. The monoisotopic (exact) mass is 339 g/mol. The van der Waals surface area contributed by atoms with Crippen molar-refractivity contribution in [2.24, 2.45) is 5.92 Å². The molecule has 130 valence electrons. The van der Waals surface area contributed by atoms with Crippen molar-refractivity contribution < 1.29 is 19.1 Å². The van der Waals surface area contributed by atoms with Gasteiger partial charge in [0, 0.05) is 11.6 Å². The Morgan fingerprint density at radius 3 is 2.36 bits per heavy atom. The molecule has 0 bridgehead atoms. The Bertz CT molecular complexity index is 752. The summed E-state index contributed by atoms with van der Waals surface area (Å²) in [4.78, 5) is 24.0. The molecule has 2 unspecified atom stereocenters. The van der Waals surface area contributed by atoms with E-state index in [1.54, 1.807) is 38.3 Å². The van der Waals surface area contributed by atoms with Crippen LogP contribution in [0.15, 0.2) is 48.5 Å². The number of esters is 1. The smallest absolute Gasteiger partial charge is 0.338 e. The third kappa shape index (κ3) is 3.99. The van der Waals surface area contributed by atoms with E-state index in [2.05, 4.69) is 5.32 Å². The van der Waals surface area contributed by atoms with E-state index in [0.717, 1.165) is 17.7 Å². The second-order valence-electron chi connectivity index (χ2n) is 6.01. The molecule has 3 rings (SSSR count). The highest BCUT2D eigenvalue weighted by Crippen LogP contribution is 2.48. The number of hydrogen-bond acceptors (Lipinski definition) is 4. The lowest BCUT2D eigenvalue weighted by Crippen LogP contribution is -2.14. The standard InChI is InChI=1S/C20H21NO4/c1-3-25-20(23)14-4-8-15(9-5-14)21-19(22)18-12-17(18)13-6-10-16(24-2)11-7-13/h4-11,17-18H,3,12H2,1-2H3,(H,21,22). The lowest BCUT2D eigenvalue weighted by atomic mass is 10.1. The summed E-state index contributed by atoms with van der Waals surface area (Å²) in [6.45, 7) is 2.10. The Morgan fingerprint density at radius 1 is 1.08 bits per heavy atom. The first-order chi connectivity index (χ1) is 12.1. The van der Waals surface area contributed by atoms with E-state index in [9.17, 15) is 9.59 Å². The summed E-state index contributed by atoms with van der Waals surface area (Å²) in [5, 5.41) is 2.91. The van der Waals surface area contributed by atoms with Crippen LogP contribution < -0.4 is 10.1 Å². The summed E-state index contributed by atoms with van der Waals surface area (Å²) in [5.74, 6) is 0.696. The number of benzene rings is 2. The Hall–Kier alpha value is -2.82. The third-order valence-electron chi connectivity index (χ3n) is 4.33. The molecule has 1 aliphatic carbocycles. The van der Waals surface area contributed by atoms with Gasteiger partial charge in [0.1, 0.15) is 5.75 Å². The number of nitrogens with one attached hydrogen (secondary N) is 1. The van der Waals surface area contributed by atoms with Gasteiger partial charge in [-0.05, 0) is 61.2 Å². The minimum Gasteiger partial charge on any atom is -0.497 e. The number of amides is 1. The van der Waals surface area contributed by atoms with Gasteiger partial charge in [0.2, 0.25) is 5.91 Å². The number of anilines is 1. The topological polar surface area (TPSA) is 64.6 Å². The molecule has 0 saturated heterocycles. The molecule has 0 radical (unpaired) electrons. The second kappa shape index (κ2) is 7.38. The summed E-state index contributed by atoms with van der Waals surface area (Å²) in [6.07, 6.45) is 0.846. The predicted molar refractivity (Wildman–Crippen MR) is 94.9 cm³/mol. The van der Waals surface area contributed by atoms with Crippen LogP contribution in [-0.4, -0.2) is 25.6 Å². The first kappa shape index (κ1) is 17.0. The summed E-state index contributed by atoms with van der Waals surface area (Å²) >= 11 is 0. The van der Waals surface area contributed by atoms with Crippen molar-refractivity contribution in [2.45, 2.75) is 19.3 Å². The van der Waals surface area contributed by atoms with Crippen molar-refractivity contribution in [2.75, 3.05) is 19.0 Å². The average molecular weight is 339 g/mol. The number of methoxy groups -OCH3 is 1. The zero-order valence-electron chi connectivity index (χ0n) is 14.3. The van der Waals surface area contributed by atoms with Crippen LogP contribution in [0.4, 0.5) is 5.69 Å². The van der Waals surface area contributed by atoms with Crippen LogP contribution in [0.5, 0.6) is 5.75 Å². The molecule has 0 spiro atoms. The average Bonchev–Trinajstić information content (AvgIpc) is 3.43. The molecule has 5 nitrogen and oxygen atoms in total. The normalized spacial score (nSPS) is 18.3. The molecule has 0 aromatic heterocycles. The van der Waals surface area contributed by atoms with Crippen molar-refractivity contribution in [3.63, 3.8) is 0 Å². The molecule has 1 amide bonds. The first-order valence-corrected chi connectivity index (χ1v) is 8.34. The van der Waals surface area contributed by atoms with Crippen LogP contribution in [0.25, 0.3) is 0 Å². The van der Waals surface area contributed by atoms with E-state index in [4.69, 9.17) is 9.47 Å². The molecule has 0 heterocycles. The van der Waals surface area contributed by atoms with Gasteiger partial charge in [0.15, 0.2) is 0 Å². The lowest BCUT2D eigenvalue weighted by Gasteiger charge is -2.07. The molecule has 1 saturated carbocycles. The molecule has 1 aliphatic rings. The summed E-state index contributed by atoms with van der Waals surface area (Å²) < 4.78 is 10.1. The van der Waals surface area contributed by atoms with Gasteiger partial charge < -0.3 is 14.8 Å². The zero-order chi connectivity index (χ0) is 17.8. The highest BCUT2D eigenvalue weighted by Gasteiger charge is 2.43. The number of carbonyl (C=O) groups excluding carboxylic acids is 2. The molecule has 5 heteroatoms. The molecule has 1 fully saturated rings. The van der Waals surface area contributed by atoms with Crippen molar-refractivity contribution >= 4 is 17.6 Å². The van der Waals surface area contributed by atoms with E-state index < -0.39 is 0 Å². The minimum atomic E-state index is -0.359. The van der Waals surface area contributed by atoms with Crippen LogP contribution in [-0.2, 0) is 9.53 Å². The molecule has 2 aromatic rings. The van der Waals surface area contributed by atoms with Crippen LogP contribution in [0, 0.1) is 5.92 Å². The third-order valence-corrected chi connectivity index (χ3v) is 4.33. The summed E-state index contributed by atoms with van der Waals surface area (Å²) in [7, 11) is 1.63. The van der Waals surface area contributed by atoms with E-state index in [0.29, 0.717) is 17.9 Å². The maximum absolute atomic E-state index is 12.4. The Kier molecular flexibility index (Phi) is 5.03. The number of carbonyl (C=O) groups is 2. The van der Waals surface area contributed by atoms with Crippen LogP contribution in [0.3, 0.4) is 0 Å². The molecular weight excluding hydrogens is 318 g/mol. The van der Waals surface area contributed by atoms with Crippen LogP contribution in [0.2, 0.25) is 0 Å². The van der Waals surface area contributed by atoms with Gasteiger partial charge in [0.05, 0.1) is 19.3 Å². The molecule has 1 N–H and O–H groups in total. The highest BCUT2D eigenvalue weighted by atomic mass is 16.5. The zero-order valence-corrected chi connectivity index (χ0v) is 14.3. The molecule has 25 heavy (non-hydrogen) atoms. The fraction of sp³-hybridized carbons (Fsp3) is 0.300. The fourth-order valence-corrected chi connectivity index (χ4v) is 2.84. The van der Waals surface area contributed by atoms with Crippen molar-refractivity contribution in [1.29, 1.82) is 0 Å². The van der Waals surface area contributed by atoms with Gasteiger partial charge >= 0.3 is 5.97 Å². The number of rotatable bonds is 6. The van der Waals surface area contributed by atoms with Gasteiger partial charge in [-0.2, -0.15) is 0 Å². The largest absolute Gasteiger partial charge is 0.497 e. The van der Waals surface area contributed by atoms with Crippen molar-refractivity contribution in [1.82, 2.24) is 0 Å². The van der Waals surface area contributed by atoms with E-state index in [-0.39, 0.29) is 23.7 Å². The van der Waals surface area contributed by atoms with E-state index in [1.807, 2.05) is 24.3 Å². The van der Waals surface area contributed by atoms with Crippen LogP contribution in [0.1, 0.15) is 35.2 Å². The molecule has 0 aliphatic heterocycles. The van der Waals surface area contributed by atoms with Gasteiger partial charge in [-0.1, -0.05) is 12.1 Å². The maximum Gasteiger partial charge on any atom is 0.338 e. The maximum atomic E-state index is 12.4. The highest BCUT2D eigenvalue weighted by molar-refractivity contribution is 5.96. The van der Waals surface area contributed by atoms with Gasteiger partial charge in [-0.3, -0.25) is 4.79 Å². The number of hydrogen-bond donors (Lipinski definition) is 1. The van der Waals surface area contributed by atoms with Gasteiger partial charge in [-0.25, -0.2) is 4.79 Å². The minimum absolute atomic E-state index is 0.00435. The molecule has 2 atom stereocenters. The summed E-state index contributed by atoms with van der Waals surface area (Å²) in [5.41, 5.74) is 2.31. The second-order valence-corrected chi connectivity index (χ2v) is 6.01. The van der Waals surface area contributed by atoms with Crippen molar-refractivity contribution in [3.05, 3.63) is 59.7 Å². The van der Waals surface area contributed by atoms with Gasteiger partial charge in [-0.15, -0.1) is 0 Å². The molecule has 2 aromatic carbocycles. The number of ether oxygens (including phenoxy) is 2. The first-order valence-electron chi connectivity index (χ1n) is 8.34. The predicted octanol–water partition coefficient (Wildman–Crippen LogP) is 3.61. The fourth-order valence-electron chi connectivity index (χ4n) is 2.84. The Balaban J connectivity index is 1.57. The molecular formula is C20H21NO4. The quantitative estimate of drug-likeness (QED) is 0.817.